The number of carbonyl (C=O) groups is 3. The molecule has 0 saturated heterocycles. The first-order chi connectivity index (χ1) is 40.0. The van der Waals surface area contributed by atoms with Crippen LogP contribution in [0.15, 0.2) is 48.6 Å². The molecule has 0 radical (unpaired) electrons. The fourth-order valence-corrected chi connectivity index (χ4v) is 10.9. The monoisotopic (exact) mass is 1140 g/mol. The first-order valence-electron chi connectivity index (χ1n) is 36.1. The molecule has 6 nitrogen and oxygen atoms in total. The summed E-state index contributed by atoms with van der Waals surface area (Å²) in [7, 11) is 0. The average Bonchev–Trinajstić information content (AvgIpc) is 3.47. The van der Waals surface area contributed by atoms with Gasteiger partial charge in [-0.25, -0.2) is 0 Å². The van der Waals surface area contributed by atoms with Gasteiger partial charge in [-0.05, 0) is 83.5 Å². The molecule has 0 aromatic heterocycles. The Hall–Kier alpha value is -2.63. The fourth-order valence-electron chi connectivity index (χ4n) is 10.9. The third-order valence-corrected chi connectivity index (χ3v) is 16.3. The zero-order chi connectivity index (χ0) is 58.5. The number of allylic oxidation sites excluding steroid dienone is 8. The summed E-state index contributed by atoms with van der Waals surface area (Å²) in [4.78, 5) is 38.5. The van der Waals surface area contributed by atoms with Crippen LogP contribution in [-0.4, -0.2) is 37.2 Å². The molecule has 0 aromatic carbocycles. The van der Waals surface area contributed by atoms with Crippen molar-refractivity contribution in [2.24, 2.45) is 0 Å². The standard InChI is InChI=1S/C75H138O6/c1-4-7-10-13-16-19-22-25-28-31-33-35-36-37-38-40-41-44-47-50-53-56-59-62-65-68-74(77)80-71-72(70-79-73(76)67-64-61-58-55-52-49-46-43-30-27-24-21-18-15-12-9-6-3)81-75(78)69-66-63-60-57-54-51-48-45-42-39-34-32-29-26-23-20-17-14-11-8-5-2/h18,21-22,25,27,30-31,33,72H,4-17,19-20,23-24,26,28-29,32,34-71H2,1-3H3/b21-18-,25-22-,30-27-,33-31-. The Bertz CT molecular complexity index is 1400. The third kappa shape index (κ3) is 68.0. The second-order valence-electron chi connectivity index (χ2n) is 24.5. The van der Waals surface area contributed by atoms with E-state index in [2.05, 4.69) is 69.4 Å². The van der Waals surface area contributed by atoms with Gasteiger partial charge in [0, 0.05) is 19.3 Å². The number of esters is 3. The lowest BCUT2D eigenvalue weighted by atomic mass is 10.0. The number of unbranched alkanes of at least 4 members (excludes halogenated alkanes) is 48. The van der Waals surface area contributed by atoms with Crippen molar-refractivity contribution in [3.05, 3.63) is 48.6 Å². The smallest absolute Gasteiger partial charge is 0.306 e. The van der Waals surface area contributed by atoms with Crippen molar-refractivity contribution < 1.29 is 28.6 Å². The molecule has 6 heteroatoms. The van der Waals surface area contributed by atoms with Gasteiger partial charge in [-0.3, -0.25) is 14.4 Å². The van der Waals surface area contributed by atoms with Gasteiger partial charge in [0.15, 0.2) is 6.10 Å². The molecule has 0 aliphatic carbocycles. The van der Waals surface area contributed by atoms with E-state index < -0.39 is 6.10 Å². The van der Waals surface area contributed by atoms with Crippen LogP contribution in [0.3, 0.4) is 0 Å². The molecule has 0 saturated carbocycles. The molecule has 0 rings (SSSR count). The van der Waals surface area contributed by atoms with Crippen LogP contribution >= 0.6 is 0 Å². The topological polar surface area (TPSA) is 78.9 Å². The highest BCUT2D eigenvalue weighted by atomic mass is 16.6. The van der Waals surface area contributed by atoms with E-state index in [1.807, 2.05) is 0 Å². The molecule has 1 atom stereocenters. The zero-order valence-electron chi connectivity index (χ0n) is 54.6. The summed E-state index contributed by atoms with van der Waals surface area (Å²) in [6, 6.07) is 0. The highest BCUT2D eigenvalue weighted by molar-refractivity contribution is 5.71. The highest BCUT2D eigenvalue weighted by Crippen LogP contribution is 2.18. The summed E-state index contributed by atoms with van der Waals surface area (Å²) in [6.07, 6.45) is 88.5. The van der Waals surface area contributed by atoms with Crippen molar-refractivity contribution in [2.75, 3.05) is 13.2 Å². The van der Waals surface area contributed by atoms with Gasteiger partial charge in [0.25, 0.3) is 0 Å². The average molecular weight is 1140 g/mol. The largest absolute Gasteiger partial charge is 0.462 e. The zero-order valence-corrected chi connectivity index (χ0v) is 54.6. The molecule has 0 bridgehead atoms. The Balaban J connectivity index is 4.30. The van der Waals surface area contributed by atoms with Crippen LogP contribution in [0.1, 0.15) is 393 Å². The van der Waals surface area contributed by atoms with Gasteiger partial charge in [0.1, 0.15) is 13.2 Å². The van der Waals surface area contributed by atoms with E-state index in [0.717, 1.165) is 77.0 Å². The Kier molecular flexibility index (Phi) is 67.6. The minimum absolute atomic E-state index is 0.0715. The van der Waals surface area contributed by atoms with E-state index in [1.54, 1.807) is 0 Å². The van der Waals surface area contributed by atoms with Gasteiger partial charge < -0.3 is 14.2 Å². The van der Waals surface area contributed by atoms with Crippen molar-refractivity contribution in [3.63, 3.8) is 0 Å². The SMILES string of the molecule is CCCCC/C=C\C/C=C\CCCCCCCCCC(=O)OCC(COC(=O)CCCCCCCCCCCCCCC/C=C\C/C=C\CCCCCCC)OC(=O)CCCCCCCCCCCCCCCCCCCCCCC. The fraction of sp³-hybridized carbons (Fsp3) is 0.853. The minimum atomic E-state index is -0.776. The van der Waals surface area contributed by atoms with Gasteiger partial charge in [-0.15, -0.1) is 0 Å². The van der Waals surface area contributed by atoms with Crippen molar-refractivity contribution in [2.45, 2.75) is 399 Å². The molecule has 0 heterocycles. The molecule has 0 aliphatic rings. The Morgan fingerprint density at radius 1 is 0.247 bits per heavy atom. The summed E-state index contributed by atoms with van der Waals surface area (Å²) in [5.74, 6) is -0.851. The van der Waals surface area contributed by atoms with Crippen molar-refractivity contribution in [1.29, 1.82) is 0 Å². The number of hydrogen-bond donors (Lipinski definition) is 0. The molecule has 0 amide bonds. The van der Waals surface area contributed by atoms with Crippen LogP contribution in [-0.2, 0) is 28.6 Å². The summed E-state index contributed by atoms with van der Waals surface area (Å²) < 4.78 is 17.0. The van der Waals surface area contributed by atoms with Crippen molar-refractivity contribution in [1.82, 2.24) is 0 Å². The minimum Gasteiger partial charge on any atom is -0.462 e. The van der Waals surface area contributed by atoms with Gasteiger partial charge in [0.2, 0.25) is 0 Å². The second-order valence-corrected chi connectivity index (χ2v) is 24.5. The van der Waals surface area contributed by atoms with Crippen molar-refractivity contribution in [3.8, 4) is 0 Å². The summed E-state index contributed by atoms with van der Waals surface area (Å²) in [6.45, 7) is 6.67. The molecule has 0 aromatic rings. The third-order valence-electron chi connectivity index (χ3n) is 16.3. The lowest BCUT2D eigenvalue weighted by molar-refractivity contribution is -0.167. The molecule has 0 N–H and O–H groups in total. The van der Waals surface area contributed by atoms with E-state index in [-0.39, 0.29) is 31.1 Å². The maximum Gasteiger partial charge on any atom is 0.306 e. The first kappa shape index (κ1) is 78.4. The normalized spacial score (nSPS) is 12.3. The number of rotatable bonds is 67. The second kappa shape index (κ2) is 69.9. The molecule has 0 aliphatic heterocycles. The summed E-state index contributed by atoms with van der Waals surface area (Å²) in [5.41, 5.74) is 0. The van der Waals surface area contributed by atoms with E-state index in [0.29, 0.717) is 19.3 Å². The van der Waals surface area contributed by atoms with Gasteiger partial charge in [-0.2, -0.15) is 0 Å². The van der Waals surface area contributed by atoms with E-state index in [9.17, 15) is 14.4 Å². The Morgan fingerprint density at radius 2 is 0.444 bits per heavy atom. The molecule has 474 valence electrons. The lowest BCUT2D eigenvalue weighted by Gasteiger charge is -2.18. The molecular formula is C75H138O6. The molecular weight excluding hydrogens is 997 g/mol. The van der Waals surface area contributed by atoms with Crippen LogP contribution in [0.5, 0.6) is 0 Å². The Labute approximate surface area is 505 Å². The van der Waals surface area contributed by atoms with Gasteiger partial charge in [-0.1, -0.05) is 339 Å². The first-order valence-corrected chi connectivity index (χ1v) is 36.1. The molecule has 1 unspecified atom stereocenters. The van der Waals surface area contributed by atoms with Crippen LogP contribution < -0.4 is 0 Å². The van der Waals surface area contributed by atoms with Gasteiger partial charge >= 0.3 is 17.9 Å². The van der Waals surface area contributed by atoms with Crippen LogP contribution in [0.4, 0.5) is 0 Å². The van der Waals surface area contributed by atoms with Crippen LogP contribution in [0.25, 0.3) is 0 Å². The lowest BCUT2D eigenvalue weighted by Crippen LogP contribution is -2.30. The van der Waals surface area contributed by atoms with E-state index >= 15 is 0 Å². The quantitative estimate of drug-likeness (QED) is 0.0261. The number of carbonyl (C=O) groups excluding carboxylic acids is 3. The van der Waals surface area contributed by atoms with Gasteiger partial charge in [0.05, 0.1) is 0 Å². The summed E-state index contributed by atoms with van der Waals surface area (Å²) in [5, 5.41) is 0. The van der Waals surface area contributed by atoms with Crippen LogP contribution in [0, 0.1) is 0 Å². The highest BCUT2D eigenvalue weighted by Gasteiger charge is 2.19. The number of hydrogen-bond acceptors (Lipinski definition) is 6. The number of ether oxygens (including phenoxy) is 3. The summed E-state index contributed by atoms with van der Waals surface area (Å²) >= 11 is 0. The van der Waals surface area contributed by atoms with E-state index in [4.69, 9.17) is 14.2 Å². The van der Waals surface area contributed by atoms with E-state index in [1.165, 1.54) is 276 Å². The maximum absolute atomic E-state index is 13.0. The van der Waals surface area contributed by atoms with Crippen LogP contribution in [0.2, 0.25) is 0 Å². The predicted molar refractivity (Wildman–Crippen MR) is 353 cm³/mol. The maximum atomic E-state index is 13.0. The molecule has 0 fully saturated rings. The Morgan fingerprint density at radius 3 is 0.704 bits per heavy atom. The molecule has 0 spiro atoms. The van der Waals surface area contributed by atoms with Crippen molar-refractivity contribution >= 4 is 17.9 Å². The predicted octanol–water partition coefficient (Wildman–Crippen LogP) is 24.9. The molecule has 81 heavy (non-hydrogen) atoms.